The average molecular weight is 304 g/mol. The minimum Gasteiger partial charge on any atom is -0.359 e. The molecule has 1 atom stereocenters. The molecule has 20 heavy (non-hydrogen) atoms. The quantitative estimate of drug-likeness (QED) is 0.700. The smallest absolute Gasteiger partial charge is 0.282 e. The average Bonchev–Trinajstić information content (AvgIpc) is 2.67. The van der Waals surface area contributed by atoms with Gasteiger partial charge in [-0.1, -0.05) is 0 Å². The molecule has 0 aromatic rings. The second-order valence-corrected chi connectivity index (χ2v) is 7.66. The molecule has 0 aromatic carbocycles. The lowest BCUT2D eigenvalue weighted by molar-refractivity contribution is -0.128. The van der Waals surface area contributed by atoms with Gasteiger partial charge >= 0.3 is 0 Å². The van der Waals surface area contributed by atoms with E-state index in [2.05, 4.69) is 10.6 Å². The zero-order chi connectivity index (χ0) is 14.8. The van der Waals surface area contributed by atoms with Crippen molar-refractivity contribution in [1.29, 1.82) is 0 Å². The maximum absolute atomic E-state index is 12.6. The zero-order valence-electron chi connectivity index (χ0n) is 12.2. The molecule has 2 N–H and O–H groups in total. The first-order valence-electron chi connectivity index (χ1n) is 7.08. The monoisotopic (exact) mass is 304 g/mol. The number of amides is 1. The predicted octanol–water partition coefficient (Wildman–Crippen LogP) is -1.02. The molecule has 0 radical (unpaired) electrons. The highest BCUT2D eigenvalue weighted by atomic mass is 32.2. The molecule has 2 fully saturated rings. The fraction of sp³-hybridized carbons (Fsp3) is 0.917. The highest BCUT2D eigenvalue weighted by Gasteiger charge is 2.45. The maximum Gasteiger partial charge on any atom is 0.282 e. The molecule has 1 unspecified atom stereocenters. The summed E-state index contributed by atoms with van der Waals surface area (Å²) in [6.07, 6.45) is 1.39. The summed E-state index contributed by atoms with van der Waals surface area (Å²) < 4.78 is 28.2. The Hall–Kier alpha value is -0.700. The topological polar surface area (TPSA) is 81.8 Å². The third-order valence-corrected chi connectivity index (χ3v) is 6.15. The van der Waals surface area contributed by atoms with Crippen LogP contribution >= 0.6 is 0 Å². The molecule has 2 saturated heterocycles. The Balaban J connectivity index is 2.09. The molecule has 0 spiro atoms. The Bertz CT molecular complexity index is 459. The summed E-state index contributed by atoms with van der Waals surface area (Å²) >= 11 is 0. The lowest BCUT2D eigenvalue weighted by Crippen LogP contribution is -2.46. The van der Waals surface area contributed by atoms with E-state index in [4.69, 9.17) is 0 Å². The van der Waals surface area contributed by atoms with Crippen LogP contribution in [0.1, 0.15) is 19.8 Å². The summed E-state index contributed by atoms with van der Waals surface area (Å²) in [4.78, 5) is 11.9. The highest BCUT2D eigenvalue weighted by Crippen LogP contribution is 2.32. The number of nitrogens with zero attached hydrogens (tertiary/aromatic N) is 2. The standard InChI is InChI=1S/C12H24N4O3S/c1-12(11(17)13-2)4-8-16(10-12)20(18,19)15-7-3-5-14-6-9-15/h14H,3-10H2,1-2H3,(H,13,17). The summed E-state index contributed by atoms with van der Waals surface area (Å²) in [6, 6.07) is 0. The van der Waals surface area contributed by atoms with Crippen molar-refractivity contribution < 1.29 is 13.2 Å². The molecule has 2 aliphatic rings. The van der Waals surface area contributed by atoms with E-state index in [9.17, 15) is 13.2 Å². The first-order valence-corrected chi connectivity index (χ1v) is 8.48. The number of carbonyl (C=O) groups excluding carboxylic acids is 1. The third kappa shape index (κ3) is 2.98. The first kappa shape index (κ1) is 15.7. The molecule has 116 valence electrons. The third-order valence-electron chi connectivity index (χ3n) is 4.17. The van der Waals surface area contributed by atoms with Gasteiger partial charge in [0, 0.05) is 39.8 Å². The number of nitrogens with one attached hydrogen (secondary N) is 2. The second kappa shape index (κ2) is 5.97. The van der Waals surface area contributed by atoms with Crippen LogP contribution in [0.2, 0.25) is 0 Å². The molecule has 0 saturated carbocycles. The molecular formula is C12H24N4O3S. The molecule has 7 nitrogen and oxygen atoms in total. The lowest BCUT2D eigenvalue weighted by atomic mass is 9.89. The van der Waals surface area contributed by atoms with Crippen LogP contribution < -0.4 is 10.6 Å². The molecule has 1 amide bonds. The fourth-order valence-electron chi connectivity index (χ4n) is 2.82. The van der Waals surface area contributed by atoms with Crippen molar-refractivity contribution in [2.75, 3.05) is 46.3 Å². The van der Waals surface area contributed by atoms with Gasteiger partial charge in [-0.2, -0.15) is 17.0 Å². The lowest BCUT2D eigenvalue weighted by Gasteiger charge is -2.27. The maximum atomic E-state index is 12.6. The Kier molecular flexibility index (Phi) is 4.68. The van der Waals surface area contributed by atoms with E-state index in [1.165, 1.54) is 8.61 Å². The van der Waals surface area contributed by atoms with Crippen LogP contribution in [-0.4, -0.2) is 69.3 Å². The van der Waals surface area contributed by atoms with Gasteiger partial charge in [0.15, 0.2) is 0 Å². The van der Waals surface area contributed by atoms with Gasteiger partial charge in [-0.3, -0.25) is 4.79 Å². The van der Waals surface area contributed by atoms with Crippen LogP contribution in [0.3, 0.4) is 0 Å². The van der Waals surface area contributed by atoms with Gasteiger partial charge in [0.2, 0.25) is 5.91 Å². The highest BCUT2D eigenvalue weighted by molar-refractivity contribution is 7.86. The van der Waals surface area contributed by atoms with Crippen molar-refractivity contribution in [1.82, 2.24) is 19.2 Å². The van der Waals surface area contributed by atoms with Crippen molar-refractivity contribution in [3.05, 3.63) is 0 Å². The molecule has 0 aliphatic carbocycles. The van der Waals surface area contributed by atoms with E-state index in [0.29, 0.717) is 32.6 Å². The zero-order valence-corrected chi connectivity index (χ0v) is 13.0. The van der Waals surface area contributed by atoms with Crippen LogP contribution in [0.15, 0.2) is 0 Å². The van der Waals surface area contributed by atoms with Gasteiger partial charge in [0.25, 0.3) is 10.2 Å². The van der Waals surface area contributed by atoms with Crippen LogP contribution in [0.4, 0.5) is 0 Å². The van der Waals surface area contributed by atoms with E-state index in [1.807, 2.05) is 6.92 Å². The first-order chi connectivity index (χ1) is 9.40. The normalized spacial score (nSPS) is 30.1. The molecule has 8 heteroatoms. The van der Waals surface area contributed by atoms with Crippen LogP contribution in [0.25, 0.3) is 0 Å². The summed E-state index contributed by atoms with van der Waals surface area (Å²) in [5.74, 6) is -0.0901. The van der Waals surface area contributed by atoms with Crippen molar-refractivity contribution in [3.8, 4) is 0 Å². The Labute approximate surface area is 120 Å². The SMILES string of the molecule is CNC(=O)C1(C)CCN(S(=O)(=O)N2CCCNCC2)C1. The van der Waals surface area contributed by atoms with E-state index < -0.39 is 15.6 Å². The van der Waals surface area contributed by atoms with Gasteiger partial charge in [-0.15, -0.1) is 0 Å². The minimum absolute atomic E-state index is 0.0901. The van der Waals surface area contributed by atoms with E-state index in [-0.39, 0.29) is 12.5 Å². The molecule has 2 aliphatic heterocycles. The van der Waals surface area contributed by atoms with Crippen molar-refractivity contribution in [2.45, 2.75) is 19.8 Å². The van der Waals surface area contributed by atoms with Crippen molar-refractivity contribution in [2.24, 2.45) is 5.41 Å². The summed E-state index contributed by atoms with van der Waals surface area (Å²) in [7, 11) is -1.86. The van der Waals surface area contributed by atoms with Gasteiger partial charge < -0.3 is 10.6 Å². The number of hydrogen-bond donors (Lipinski definition) is 2. The minimum atomic E-state index is -3.45. The Morgan fingerprint density at radius 1 is 1.20 bits per heavy atom. The summed E-state index contributed by atoms with van der Waals surface area (Å²) in [5.41, 5.74) is -0.619. The molecule has 0 aromatic heterocycles. The molecular weight excluding hydrogens is 280 g/mol. The fourth-order valence-corrected chi connectivity index (χ4v) is 4.60. The van der Waals surface area contributed by atoms with Gasteiger partial charge in [-0.25, -0.2) is 0 Å². The van der Waals surface area contributed by atoms with Crippen molar-refractivity contribution in [3.63, 3.8) is 0 Å². The van der Waals surface area contributed by atoms with Gasteiger partial charge in [0.05, 0.1) is 5.41 Å². The van der Waals surface area contributed by atoms with Crippen LogP contribution in [0, 0.1) is 5.41 Å². The molecule has 2 rings (SSSR count). The van der Waals surface area contributed by atoms with Crippen molar-refractivity contribution >= 4 is 16.1 Å². The number of hydrogen-bond acceptors (Lipinski definition) is 4. The van der Waals surface area contributed by atoms with Gasteiger partial charge in [0.1, 0.15) is 0 Å². The number of rotatable bonds is 3. The summed E-state index contributed by atoms with van der Waals surface area (Å²) in [5, 5.41) is 5.82. The predicted molar refractivity (Wildman–Crippen MR) is 76.3 cm³/mol. The molecule has 2 heterocycles. The number of carbonyl (C=O) groups is 1. The largest absolute Gasteiger partial charge is 0.359 e. The van der Waals surface area contributed by atoms with E-state index in [1.54, 1.807) is 7.05 Å². The Morgan fingerprint density at radius 2 is 1.95 bits per heavy atom. The van der Waals surface area contributed by atoms with E-state index >= 15 is 0 Å². The van der Waals surface area contributed by atoms with Crippen LogP contribution in [0.5, 0.6) is 0 Å². The van der Waals surface area contributed by atoms with Gasteiger partial charge in [-0.05, 0) is 26.3 Å². The van der Waals surface area contributed by atoms with E-state index in [0.717, 1.165) is 13.0 Å². The Morgan fingerprint density at radius 3 is 2.65 bits per heavy atom. The molecule has 0 bridgehead atoms. The van der Waals surface area contributed by atoms with Crippen LogP contribution in [-0.2, 0) is 15.0 Å². The second-order valence-electron chi connectivity index (χ2n) is 5.73. The summed E-state index contributed by atoms with van der Waals surface area (Å²) in [6.45, 7) is 5.07.